The standard InChI is InChI=1S/C12H16/c1-10(2)12-8-4-6-11(3)7-5-9-12/h4,6,8-9H,1,5,7H2,2-3H3. The van der Waals surface area contributed by atoms with Gasteiger partial charge in [0.25, 0.3) is 0 Å². The highest BCUT2D eigenvalue weighted by Gasteiger charge is 1.95. The Hall–Kier alpha value is -1.04. The number of hydrogen-bond donors (Lipinski definition) is 0. The van der Waals surface area contributed by atoms with Crippen LogP contribution in [0.15, 0.2) is 47.6 Å². The van der Waals surface area contributed by atoms with Crippen LogP contribution in [0.25, 0.3) is 0 Å². The first-order chi connectivity index (χ1) is 5.70. The lowest BCUT2D eigenvalue weighted by atomic mass is 10.0. The van der Waals surface area contributed by atoms with Gasteiger partial charge >= 0.3 is 0 Å². The van der Waals surface area contributed by atoms with Crippen molar-refractivity contribution in [3.8, 4) is 0 Å². The van der Waals surface area contributed by atoms with Crippen LogP contribution in [-0.2, 0) is 0 Å². The van der Waals surface area contributed by atoms with Crippen LogP contribution in [0.2, 0.25) is 0 Å². The predicted octanol–water partition coefficient (Wildman–Crippen LogP) is 3.79. The zero-order valence-electron chi connectivity index (χ0n) is 7.93. The van der Waals surface area contributed by atoms with Crippen LogP contribution >= 0.6 is 0 Å². The Morgan fingerprint density at radius 3 is 2.92 bits per heavy atom. The Morgan fingerprint density at radius 2 is 2.25 bits per heavy atom. The molecule has 0 nitrogen and oxygen atoms in total. The molecule has 64 valence electrons. The van der Waals surface area contributed by atoms with E-state index in [4.69, 9.17) is 0 Å². The second-order valence-corrected chi connectivity index (χ2v) is 3.35. The van der Waals surface area contributed by atoms with Crippen LogP contribution in [0, 0.1) is 0 Å². The Kier molecular flexibility index (Phi) is 3.09. The number of allylic oxidation sites excluding steroid dienone is 7. The van der Waals surface area contributed by atoms with Crippen LogP contribution in [0.4, 0.5) is 0 Å². The fraction of sp³-hybridized carbons (Fsp3) is 0.333. The molecule has 0 saturated heterocycles. The lowest BCUT2D eigenvalue weighted by Crippen LogP contribution is -1.84. The molecule has 0 spiro atoms. The Morgan fingerprint density at radius 1 is 1.50 bits per heavy atom. The molecule has 1 aliphatic rings. The molecule has 0 aromatic carbocycles. The zero-order chi connectivity index (χ0) is 8.97. The molecule has 0 amide bonds. The van der Waals surface area contributed by atoms with E-state index in [2.05, 4.69) is 37.8 Å². The van der Waals surface area contributed by atoms with Gasteiger partial charge in [-0.2, -0.15) is 0 Å². The smallest absolute Gasteiger partial charge is 0.0273 e. The van der Waals surface area contributed by atoms with Crippen molar-refractivity contribution >= 4 is 0 Å². The normalized spacial score (nSPS) is 17.5. The highest BCUT2D eigenvalue weighted by molar-refractivity contribution is 5.39. The van der Waals surface area contributed by atoms with E-state index in [1.54, 1.807) is 0 Å². The maximum absolute atomic E-state index is 3.93. The van der Waals surface area contributed by atoms with Crippen molar-refractivity contribution in [3.05, 3.63) is 47.6 Å². The van der Waals surface area contributed by atoms with Gasteiger partial charge in [-0.3, -0.25) is 0 Å². The maximum atomic E-state index is 3.93. The van der Waals surface area contributed by atoms with Crippen molar-refractivity contribution in [2.75, 3.05) is 0 Å². The first-order valence-corrected chi connectivity index (χ1v) is 4.40. The molecule has 0 heteroatoms. The summed E-state index contributed by atoms with van der Waals surface area (Å²) in [5.41, 5.74) is 3.88. The average Bonchev–Trinajstić information content (AvgIpc) is 1.95. The molecule has 0 fully saturated rings. The molecule has 1 rings (SSSR count). The fourth-order valence-corrected chi connectivity index (χ4v) is 1.24. The molecule has 12 heavy (non-hydrogen) atoms. The van der Waals surface area contributed by atoms with E-state index in [0.717, 1.165) is 12.0 Å². The van der Waals surface area contributed by atoms with Crippen molar-refractivity contribution in [2.24, 2.45) is 0 Å². The minimum Gasteiger partial charge on any atom is -0.0955 e. The Balaban J connectivity index is 2.80. The third-order valence-electron chi connectivity index (χ3n) is 2.05. The second-order valence-electron chi connectivity index (χ2n) is 3.35. The van der Waals surface area contributed by atoms with E-state index >= 15 is 0 Å². The first-order valence-electron chi connectivity index (χ1n) is 4.40. The third kappa shape index (κ3) is 2.54. The molecule has 1 aliphatic carbocycles. The lowest BCUT2D eigenvalue weighted by Gasteiger charge is -2.04. The SMILES string of the molecule is C=C(C)C1=CCCC(C)=CC=C1. The summed E-state index contributed by atoms with van der Waals surface area (Å²) in [5, 5.41) is 0. The topological polar surface area (TPSA) is 0 Å². The van der Waals surface area contributed by atoms with Gasteiger partial charge in [-0.1, -0.05) is 42.0 Å². The molecule has 0 aromatic rings. The molecule has 0 unspecified atom stereocenters. The molecule has 0 bridgehead atoms. The van der Waals surface area contributed by atoms with Crippen LogP contribution in [-0.4, -0.2) is 0 Å². The van der Waals surface area contributed by atoms with Gasteiger partial charge in [0.2, 0.25) is 0 Å². The molecule has 0 aromatic heterocycles. The van der Waals surface area contributed by atoms with Gasteiger partial charge in [0.1, 0.15) is 0 Å². The average molecular weight is 160 g/mol. The lowest BCUT2D eigenvalue weighted by molar-refractivity contribution is 0.969. The molecule has 0 aliphatic heterocycles. The van der Waals surface area contributed by atoms with Crippen LogP contribution in [0.3, 0.4) is 0 Å². The van der Waals surface area contributed by atoms with E-state index in [0.29, 0.717) is 0 Å². The summed E-state index contributed by atoms with van der Waals surface area (Å²) in [5.74, 6) is 0. The summed E-state index contributed by atoms with van der Waals surface area (Å²) in [6, 6.07) is 0. The summed E-state index contributed by atoms with van der Waals surface area (Å²) < 4.78 is 0. The van der Waals surface area contributed by atoms with Crippen molar-refractivity contribution in [1.82, 2.24) is 0 Å². The van der Waals surface area contributed by atoms with E-state index in [-0.39, 0.29) is 0 Å². The minimum atomic E-state index is 1.13. The zero-order valence-corrected chi connectivity index (χ0v) is 7.93. The largest absolute Gasteiger partial charge is 0.0955 e. The van der Waals surface area contributed by atoms with Gasteiger partial charge < -0.3 is 0 Å². The van der Waals surface area contributed by atoms with Crippen molar-refractivity contribution < 1.29 is 0 Å². The van der Waals surface area contributed by atoms with Crippen molar-refractivity contribution in [1.29, 1.82) is 0 Å². The van der Waals surface area contributed by atoms with Gasteiger partial charge in [0.05, 0.1) is 0 Å². The van der Waals surface area contributed by atoms with E-state index in [9.17, 15) is 0 Å². The molecule has 0 atom stereocenters. The van der Waals surface area contributed by atoms with E-state index in [1.807, 2.05) is 6.92 Å². The maximum Gasteiger partial charge on any atom is -0.0273 e. The quantitative estimate of drug-likeness (QED) is 0.547. The number of rotatable bonds is 1. The summed E-state index contributed by atoms with van der Waals surface area (Å²) >= 11 is 0. The second kappa shape index (κ2) is 4.10. The summed E-state index contributed by atoms with van der Waals surface area (Å²) in [6.45, 7) is 8.15. The first kappa shape index (κ1) is 9.05. The van der Waals surface area contributed by atoms with Crippen LogP contribution in [0.5, 0.6) is 0 Å². The third-order valence-corrected chi connectivity index (χ3v) is 2.05. The van der Waals surface area contributed by atoms with Gasteiger partial charge in [-0.25, -0.2) is 0 Å². The van der Waals surface area contributed by atoms with Crippen LogP contribution < -0.4 is 0 Å². The van der Waals surface area contributed by atoms with Gasteiger partial charge in [-0.15, -0.1) is 0 Å². The van der Waals surface area contributed by atoms with Crippen molar-refractivity contribution in [3.63, 3.8) is 0 Å². The molecular formula is C12H16. The molecule has 0 radical (unpaired) electrons. The van der Waals surface area contributed by atoms with Gasteiger partial charge in [0.15, 0.2) is 0 Å². The summed E-state index contributed by atoms with van der Waals surface area (Å²) in [6.07, 6.45) is 11.0. The molecule has 0 N–H and O–H groups in total. The minimum absolute atomic E-state index is 1.13. The van der Waals surface area contributed by atoms with E-state index in [1.165, 1.54) is 17.6 Å². The highest BCUT2D eigenvalue weighted by Crippen LogP contribution is 2.15. The Labute approximate surface area is 75.0 Å². The van der Waals surface area contributed by atoms with Crippen LogP contribution in [0.1, 0.15) is 26.7 Å². The predicted molar refractivity (Wildman–Crippen MR) is 55.0 cm³/mol. The van der Waals surface area contributed by atoms with Gasteiger partial charge in [0, 0.05) is 0 Å². The van der Waals surface area contributed by atoms with Gasteiger partial charge in [-0.05, 0) is 32.3 Å². The highest BCUT2D eigenvalue weighted by atomic mass is 14.0. The fourth-order valence-electron chi connectivity index (χ4n) is 1.24. The number of hydrogen-bond acceptors (Lipinski definition) is 0. The molecule has 0 saturated carbocycles. The van der Waals surface area contributed by atoms with Crippen molar-refractivity contribution in [2.45, 2.75) is 26.7 Å². The Bertz CT molecular complexity index is 262. The summed E-state index contributed by atoms with van der Waals surface area (Å²) in [4.78, 5) is 0. The molecular weight excluding hydrogens is 144 g/mol. The van der Waals surface area contributed by atoms with E-state index < -0.39 is 0 Å². The monoisotopic (exact) mass is 160 g/mol. The molecule has 0 heterocycles. The summed E-state index contributed by atoms with van der Waals surface area (Å²) in [7, 11) is 0.